The molecule has 0 bridgehead atoms. The van der Waals surface area contributed by atoms with Gasteiger partial charge in [-0.2, -0.15) is 10.2 Å². The quantitative estimate of drug-likeness (QED) is 0.358. The molecule has 0 amide bonds. The number of hydrogen-bond acceptors (Lipinski definition) is 6. The van der Waals surface area contributed by atoms with Crippen molar-refractivity contribution in [2.24, 2.45) is 10.2 Å². The molecule has 0 aliphatic heterocycles. The number of thiocarbonyl (C=S) groups is 1. The third kappa shape index (κ3) is 5.40. The van der Waals surface area contributed by atoms with Crippen molar-refractivity contribution in [3.8, 4) is 0 Å². The standard InChI is InChI=1S/C11H14N6O2S/c1-7(15-17-11(20)12-2)5-14-16-9-4-3-8(6-13-9)10(18)19/h3-6H,1-2H3,(H,13,16)(H,18,19)(H2,12,17,20)/b14-5+,15-7+. The van der Waals surface area contributed by atoms with Gasteiger partial charge in [0.2, 0.25) is 0 Å². The number of pyridine rings is 1. The van der Waals surface area contributed by atoms with Gasteiger partial charge in [-0.3, -0.25) is 10.9 Å². The lowest BCUT2D eigenvalue weighted by atomic mass is 10.3. The van der Waals surface area contributed by atoms with E-state index in [2.05, 4.69) is 31.4 Å². The maximum atomic E-state index is 10.6. The van der Waals surface area contributed by atoms with Gasteiger partial charge < -0.3 is 10.4 Å². The highest BCUT2D eigenvalue weighted by Crippen LogP contribution is 2.04. The average Bonchev–Trinajstić information content (AvgIpc) is 2.45. The summed E-state index contributed by atoms with van der Waals surface area (Å²) in [5.74, 6) is -0.597. The summed E-state index contributed by atoms with van der Waals surface area (Å²) in [5, 5.41) is 19.7. The van der Waals surface area contributed by atoms with E-state index in [4.69, 9.17) is 17.3 Å². The Labute approximate surface area is 121 Å². The Morgan fingerprint density at radius 2 is 2.25 bits per heavy atom. The molecule has 0 fully saturated rings. The van der Waals surface area contributed by atoms with Gasteiger partial charge >= 0.3 is 5.97 Å². The Kier molecular flexibility index (Phi) is 6.04. The highest BCUT2D eigenvalue weighted by molar-refractivity contribution is 7.80. The number of nitrogens with zero attached hydrogens (tertiary/aromatic N) is 3. The smallest absolute Gasteiger partial charge is 0.337 e. The summed E-state index contributed by atoms with van der Waals surface area (Å²) in [6.07, 6.45) is 2.71. The van der Waals surface area contributed by atoms with Gasteiger partial charge in [-0.25, -0.2) is 9.78 Å². The van der Waals surface area contributed by atoms with Gasteiger partial charge in [0.05, 0.1) is 17.5 Å². The van der Waals surface area contributed by atoms with Crippen molar-refractivity contribution in [3.63, 3.8) is 0 Å². The molecule has 8 nitrogen and oxygen atoms in total. The molecule has 0 aliphatic carbocycles. The summed E-state index contributed by atoms with van der Waals surface area (Å²) >= 11 is 4.85. The molecule has 1 aromatic rings. The van der Waals surface area contributed by atoms with Crippen LogP contribution in [0.25, 0.3) is 0 Å². The van der Waals surface area contributed by atoms with Crippen LogP contribution in [-0.4, -0.2) is 40.1 Å². The van der Waals surface area contributed by atoms with Crippen LogP contribution < -0.4 is 16.2 Å². The first-order valence-electron chi connectivity index (χ1n) is 5.53. The molecule has 0 aliphatic rings. The van der Waals surface area contributed by atoms with Crippen molar-refractivity contribution in [2.45, 2.75) is 6.92 Å². The fraction of sp³-hybridized carbons (Fsp3) is 0.182. The SMILES string of the molecule is CNC(=S)N/N=C(C)/C=N/Nc1ccc(C(=O)O)cn1. The zero-order valence-corrected chi connectivity index (χ0v) is 11.7. The number of nitrogens with one attached hydrogen (secondary N) is 3. The molecule has 0 saturated carbocycles. The fourth-order valence-corrected chi connectivity index (χ4v) is 1.05. The van der Waals surface area contributed by atoms with E-state index in [1.54, 1.807) is 14.0 Å². The molecule has 0 spiro atoms. The van der Waals surface area contributed by atoms with E-state index in [9.17, 15) is 4.79 Å². The molecule has 0 atom stereocenters. The highest BCUT2D eigenvalue weighted by atomic mass is 32.1. The van der Waals surface area contributed by atoms with Crippen LogP contribution in [0.4, 0.5) is 5.82 Å². The predicted octanol–water partition coefficient (Wildman–Crippen LogP) is 0.647. The van der Waals surface area contributed by atoms with Crippen LogP contribution in [-0.2, 0) is 0 Å². The number of hydrogen-bond donors (Lipinski definition) is 4. The van der Waals surface area contributed by atoms with Crippen molar-refractivity contribution < 1.29 is 9.90 Å². The monoisotopic (exact) mass is 294 g/mol. The summed E-state index contributed by atoms with van der Waals surface area (Å²) in [4.78, 5) is 14.5. The van der Waals surface area contributed by atoms with Crippen LogP contribution in [0.5, 0.6) is 0 Å². The van der Waals surface area contributed by atoms with Crippen molar-refractivity contribution >= 4 is 41.0 Å². The predicted molar refractivity (Wildman–Crippen MR) is 81.2 cm³/mol. The van der Waals surface area contributed by atoms with Gasteiger partial charge in [-0.05, 0) is 31.3 Å². The van der Waals surface area contributed by atoms with E-state index in [0.29, 0.717) is 16.6 Å². The maximum Gasteiger partial charge on any atom is 0.337 e. The van der Waals surface area contributed by atoms with Gasteiger partial charge in [-0.1, -0.05) is 0 Å². The van der Waals surface area contributed by atoms with Gasteiger partial charge in [0.1, 0.15) is 5.82 Å². The number of aromatic carboxylic acids is 1. The van der Waals surface area contributed by atoms with Crippen LogP contribution in [0.15, 0.2) is 28.5 Å². The van der Waals surface area contributed by atoms with Crippen LogP contribution in [0.1, 0.15) is 17.3 Å². The molecule has 1 heterocycles. The Bertz CT molecular complexity index is 540. The Morgan fingerprint density at radius 3 is 2.80 bits per heavy atom. The molecule has 4 N–H and O–H groups in total. The van der Waals surface area contributed by atoms with Crippen molar-refractivity contribution in [3.05, 3.63) is 23.9 Å². The first kappa shape index (κ1) is 15.5. The van der Waals surface area contributed by atoms with E-state index >= 15 is 0 Å². The lowest BCUT2D eigenvalue weighted by molar-refractivity contribution is 0.0696. The summed E-state index contributed by atoms with van der Waals surface area (Å²) in [6.45, 7) is 1.73. The van der Waals surface area contributed by atoms with E-state index < -0.39 is 5.97 Å². The highest BCUT2D eigenvalue weighted by Gasteiger charge is 2.01. The molecule has 0 aromatic carbocycles. The molecule has 9 heteroatoms. The zero-order valence-electron chi connectivity index (χ0n) is 10.9. The molecule has 1 aromatic heterocycles. The van der Waals surface area contributed by atoms with Crippen molar-refractivity contribution in [2.75, 3.05) is 12.5 Å². The molecule has 0 radical (unpaired) electrons. The maximum absolute atomic E-state index is 10.6. The Balaban J connectivity index is 2.51. The number of hydrazone groups is 2. The zero-order chi connectivity index (χ0) is 15.0. The number of carboxylic acid groups (broad SMARTS) is 1. The number of rotatable bonds is 5. The van der Waals surface area contributed by atoms with Crippen LogP contribution >= 0.6 is 12.2 Å². The normalized spacial score (nSPS) is 11.2. The van der Waals surface area contributed by atoms with Gasteiger partial charge in [0.25, 0.3) is 0 Å². The van der Waals surface area contributed by atoms with E-state index in [1.807, 2.05) is 0 Å². The third-order valence-electron chi connectivity index (χ3n) is 2.00. The van der Waals surface area contributed by atoms with Gasteiger partial charge in [0.15, 0.2) is 5.11 Å². The Morgan fingerprint density at radius 1 is 1.50 bits per heavy atom. The topological polar surface area (TPSA) is 111 Å². The van der Waals surface area contributed by atoms with E-state index in [0.717, 1.165) is 0 Å². The van der Waals surface area contributed by atoms with Crippen LogP contribution in [0, 0.1) is 0 Å². The van der Waals surface area contributed by atoms with Gasteiger partial charge in [0, 0.05) is 13.2 Å². The number of aromatic nitrogens is 1. The molecular formula is C11H14N6O2S. The van der Waals surface area contributed by atoms with Crippen molar-refractivity contribution in [1.82, 2.24) is 15.7 Å². The van der Waals surface area contributed by atoms with Crippen molar-refractivity contribution in [1.29, 1.82) is 0 Å². The first-order valence-corrected chi connectivity index (χ1v) is 5.94. The summed E-state index contributed by atoms with van der Waals surface area (Å²) in [5.41, 5.74) is 5.97. The third-order valence-corrected chi connectivity index (χ3v) is 2.30. The fourth-order valence-electron chi connectivity index (χ4n) is 1.00. The summed E-state index contributed by atoms with van der Waals surface area (Å²) < 4.78 is 0. The lowest BCUT2D eigenvalue weighted by Crippen LogP contribution is -2.29. The number of carbonyl (C=O) groups is 1. The molecule has 20 heavy (non-hydrogen) atoms. The summed E-state index contributed by atoms with van der Waals surface area (Å²) in [7, 11) is 1.68. The van der Waals surface area contributed by atoms with Crippen LogP contribution in [0.3, 0.4) is 0 Å². The second-order valence-corrected chi connectivity index (χ2v) is 3.96. The number of carboxylic acids is 1. The molecule has 106 valence electrons. The molecule has 0 unspecified atom stereocenters. The first-order chi connectivity index (χ1) is 9.52. The largest absolute Gasteiger partial charge is 0.478 e. The Hall–Kier alpha value is -2.55. The van der Waals surface area contributed by atoms with Gasteiger partial charge in [-0.15, -0.1) is 0 Å². The molecule has 1 rings (SSSR count). The molecular weight excluding hydrogens is 280 g/mol. The second kappa shape index (κ2) is 7.79. The molecule has 0 saturated heterocycles. The minimum Gasteiger partial charge on any atom is -0.478 e. The minimum absolute atomic E-state index is 0.113. The summed E-state index contributed by atoms with van der Waals surface area (Å²) in [6, 6.07) is 2.95. The van der Waals surface area contributed by atoms with E-state index in [-0.39, 0.29) is 5.56 Å². The van der Waals surface area contributed by atoms with Crippen LogP contribution in [0.2, 0.25) is 0 Å². The van der Waals surface area contributed by atoms with E-state index in [1.165, 1.54) is 24.5 Å². The lowest BCUT2D eigenvalue weighted by Gasteiger charge is -2.01. The number of anilines is 1. The minimum atomic E-state index is -1.03. The second-order valence-electron chi connectivity index (χ2n) is 3.55. The average molecular weight is 294 g/mol.